The molecule has 0 saturated heterocycles. The van der Waals surface area contributed by atoms with Gasteiger partial charge in [-0.25, -0.2) is 9.78 Å². The number of nitrogens with one attached hydrogen (secondary N) is 1. The molecule has 25 heavy (non-hydrogen) atoms. The summed E-state index contributed by atoms with van der Waals surface area (Å²) in [5, 5.41) is 17.2. The highest BCUT2D eigenvalue weighted by Gasteiger charge is 2.12. The van der Waals surface area contributed by atoms with Crippen molar-refractivity contribution in [3.05, 3.63) is 64.0 Å². The molecular weight excluding hydrogens is 356 g/mol. The highest BCUT2D eigenvalue weighted by molar-refractivity contribution is 7.18. The molecule has 0 aliphatic heterocycles. The zero-order valence-corrected chi connectivity index (χ0v) is 14.8. The van der Waals surface area contributed by atoms with Crippen molar-refractivity contribution in [2.45, 2.75) is 6.92 Å². The van der Waals surface area contributed by atoms with Crippen LogP contribution in [0.25, 0.3) is 21.0 Å². The van der Waals surface area contributed by atoms with E-state index in [0.717, 1.165) is 26.7 Å². The van der Waals surface area contributed by atoms with Crippen LogP contribution in [0.3, 0.4) is 0 Å². The van der Waals surface area contributed by atoms with Gasteiger partial charge in [-0.3, -0.25) is 0 Å². The number of rotatable bonds is 3. The van der Waals surface area contributed by atoms with E-state index in [2.05, 4.69) is 10.3 Å². The molecule has 2 aromatic carbocycles. The fourth-order valence-electron chi connectivity index (χ4n) is 2.74. The fraction of sp³-hybridized carbons (Fsp3) is 0.0526. The largest absolute Gasteiger partial charge is 0.478 e. The van der Waals surface area contributed by atoms with E-state index in [-0.39, 0.29) is 5.56 Å². The molecule has 4 rings (SSSR count). The van der Waals surface area contributed by atoms with Crippen LogP contribution in [0.1, 0.15) is 15.9 Å². The van der Waals surface area contributed by atoms with Crippen LogP contribution in [0.2, 0.25) is 5.02 Å². The number of benzene rings is 2. The van der Waals surface area contributed by atoms with E-state index >= 15 is 0 Å². The van der Waals surface area contributed by atoms with E-state index in [9.17, 15) is 9.90 Å². The lowest BCUT2D eigenvalue weighted by Crippen LogP contribution is -1.98. The molecule has 4 aromatic rings. The first-order valence-electron chi connectivity index (χ1n) is 7.60. The van der Waals surface area contributed by atoms with E-state index < -0.39 is 5.97 Å². The van der Waals surface area contributed by atoms with Crippen molar-refractivity contribution in [2.24, 2.45) is 0 Å². The average molecular weight is 369 g/mol. The summed E-state index contributed by atoms with van der Waals surface area (Å²) in [6.07, 6.45) is 0. The number of carboxylic acids is 1. The molecule has 2 N–H and O–H groups in total. The van der Waals surface area contributed by atoms with Crippen LogP contribution in [0, 0.1) is 6.92 Å². The van der Waals surface area contributed by atoms with Gasteiger partial charge in [-0.05, 0) is 48.2 Å². The highest BCUT2D eigenvalue weighted by atomic mass is 35.5. The smallest absolute Gasteiger partial charge is 0.335 e. The Morgan fingerprint density at radius 2 is 2.00 bits per heavy atom. The Bertz CT molecular complexity index is 1140. The number of pyridine rings is 1. The van der Waals surface area contributed by atoms with Crippen LogP contribution in [-0.4, -0.2) is 16.1 Å². The van der Waals surface area contributed by atoms with Gasteiger partial charge in [0.05, 0.1) is 11.1 Å². The number of halogens is 1. The molecule has 0 spiro atoms. The molecule has 124 valence electrons. The van der Waals surface area contributed by atoms with E-state index in [0.29, 0.717) is 16.4 Å². The van der Waals surface area contributed by atoms with Gasteiger partial charge in [-0.15, -0.1) is 11.3 Å². The summed E-state index contributed by atoms with van der Waals surface area (Å²) in [6.45, 7) is 1.95. The second-order valence-electron chi connectivity index (χ2n) is 5.75. The number of hydrogen-bond donors (Lipinski definition) is 2. The quantitative estimate of drug-likeness (QED) is 0.476. The fourth-order valence-corrected chi connectivity index (χ4v) is 3.85. The first kappa shape index (κ1) is 15.9. The maximum Gasteiger partial charge on any atom is 0.335 e. The molecule has 0 bridgehead atoms. The van der Waals surface area contributed by atoms with Gasteiger partial charge in [0.25, 0.3) is 0 Å². The number of carboxylic acid groups (broad SMARTS) is 1. The van der Waals surface area contributed by atoms with E-state index in [1.807, 2.05) is 42.6 Å². The van der Waals surface area contributed by atoms with Crippen LogP contribution in [0.4, 0.5) is 11.5 Å². The number of anilines is 2. The van der Waals surface area contributed by atoms with E-state index in [1.165, 1.54) is 0 Å². The maximum atomic E-state index is 11.2. The molecule has 0 aliphatic carbocycles. The van der Waals surface area contributed by atoms with Gasteiger partial charge in [0, 0.05) is 26.2 Å². The lowest BCUT2D eigenvalue weighted by molar-refractivity contribution is 0.0697. The predicted molar refractivity (Wildman–Crippen MR) is 104 cm³/mol. The topological polar surface area (TPSA) is 62.2 Å². The van der Waals surface area contributed by atoms with Crippen LogP contribution in [-0.2, 0) is 0 Å². The molecule has 0 atom stereocenters. The van der Waals surface area contributed by atoms with Crippen LogP contribution in [0.5, 0.6) is 0 Å². The van der Waals surface area contributed by atoms with Crippen molar-refractivity contribution in [1.82, 2.24) is 4.98 Å². The van der Waals surface area contributed by atoms with Crippen LogP contribution in [0.15, 0.2) is 47.8 Å². The van der Waals surface area contributed by atoms with Gasteiger partial charge in [0.1, 0.15) is 5.82 Å². The molecule has 4 nitrogen and oxygen atoms in total. The van der Waals surface area contributed by atoms with Crippen molar-refractivity contribution in [3.8, 4) is 0 Å². The molecule has 0 radical (unpaired) electrons. The Labute approximate surface area is 152 Å². The lowest BCUT2D eigenvalue weighted by Gasteiger charge is -2.11. The Morgan fingerprint density at radius 3 is 2.76 bits per heavy atom. The molecule has 2 heterocycles. The summed E-state index contributed by atoms with van der Waals surface area (Å²) in [5.74, 6) is -0.277. The lowest BCUT2D eigenvalue weighted by atomic mass is 10.1. The van der Waals surface area contributed by atoms with E-state index in [1.54, 1.807) is 23.5 Å². The van der Waals surface area contributed by atoms with Crippen molar-refractivity contribution >= 4 is 61.4 Å². The van der Waals surface area contributed by atoms with Crippen molar-refractivity contribution in [1.29, 1.82) is 0 Å². The maximum absolute atomic E-state index is 11.2. The van der Waals surface area contributed by atoms with Gasteiger partial charge in [0.15, 0.2) is 0 Å². The summed E-state index contributed by atoms with van der Waals surface area (Å²) in [5.41, 5.74) is 2.71. The third-order valence-corrected chi connectivity index (χ3v) is 5.43. The first-order valence-corrected chi connectivity index (χ1v) is 8.86. The molecule has 0 aliphatic rings. The van der Waals surface area contributed by atoms with Crippen LogP contribution < -0.4 is 5.32 Å². The number of thiophene rings is 1. The molecule has 0 amide bonds. The summed E-state index contributed by atoms with van der Waals surface area (Å²) in [7, 11) is 0. The number of nitrogens with zero attached hydrogens (tertiary/aromatic N) is 1. The van der Waals surface area contributed by atoms with Gasteiger partial charge < -0.3 is 10.4 Å². The molecule has 0 saturated carbocycles. The van der Waals surface area contributed by atoms with Gasteiger partial charge >= 0.3 is 5.97 Å². The number of aromatic carboxylic acids is 1. The number of aromatic nitrogens is 1. The monoisotopic (exact) mass is 368 g/mol. The number of aryl methyl sites for hydroxylation is 1. The molecular formula is C19H13ClN2O2S. The third-order valence-electron chi connectivity index (χ3n) is 4.08. The summed E-state index contributed by atoms with van der Waals surface area (Å²) < 4.78 is 1.07. The number of carbonyl (C=O) groups is 1. The minimum Gasteiger partial charge on any atom is -0.478 e. The summed E-state index contributed by atoms with van der Waals surface area (Å²) in [6, 6.07) is 12.8. The Kier molecular flexibility index (Phi) is 3.82. The standard InChI is InChI=1S/C19H13ClN2O2S/c1-10-2-4-12(9-15(10)20)21-18-14-6-7-25-17(14)13-5-3-11(19(23)24)8-16(13)22-18/h2-9H,1H3,(H,21,22)(H,23,24). The van der Waals surface area contributed by atoms with Crippen LogP contribution >= 0.6 is 22.9 Å². The molecule has 0 fully saturated rings. The molecule has 2 aromatic heterocycles. The number of hydrogen-bond acceptors (Lipinski definition) is 4. The first-order chi connectivity index (χ1) is 12.0. The Balaban J connectivity index is 1.90. The highest BCUT2D eigenvalue weighted by Crippen LogP contribution is 2.35. The van der Waals surface area contributed by atoms with Gasteiger partial charge in [-0.2, -0.15) is 0 Å². The Morgan fingerprint density at radius 1 is 1.16 bits per heavy atom. The van der Waals surface area contributed by atoms with Crippen molar-refractivity contribution in [2.75, 3.05) is 5.32 Å². The van der Waals surface area contributed by atoms with Gasteiger partial charge in [0.2, 0.25) is 0 Å². The predicted octanol–water partition coefficient (Wildman–Crippen LogP) is 5.85. The molecule has 6 heteroatoms. The third kappa shape index (κ3) is 2.81. The average Bonchev–Trinajstić information content (AvgIpc) is 3.08. The summed E-state index contributed by atoms with van der Waals surface area (Å²) >= 11 is 7.81. The second-order valence-corrected chi connectivity index (χ2v) is 7.07. The zero-order valence-electron chi connectivity index (χ0n) is 13.2. The van der Waals surface area contributed by atoms with Crippen molar-refractivity contribution in [3.63, 3.8) is 0 Å². The SMILES string of the molecule is Cc1ccc(Nc2nc3cc(C(=O)O)ccc3c3sccc23)cc1Cl. The molecule has 0 unspecified atom stereocenters. The zero-order chi connectivity index (χ0) is 17.6. The van der Waals surface area contributed by atoms with Crippen molar-refractivity contribution < 1.29 is 9.90 Å². The van der Waals surface area contributed by atoms with Gasteiger partial charge in [-0.1, -0.05) is 23.7 Å². The minimum absolute atomic E-state index is 0.222. The number of fused-ring (bicyclic) bond motifs is 3. The Hall–Kier alpha value is -2.63. The normalized spacial score (nSPS) is 11.1. The summed E-state index contributed by atoms with van der Waals surface area (Å²) in [4.78, 5) is 15.9. The van der Waals surface area contributed by atoms with E-state index in [4.69, 9.17) is 11.6 Å². The minimum atomic E-state index is -0.963. The second kappa shape index (κ2) is 6.02.